The number of ketones is 2. The van der Waals surface area contributed by atoms with E-state index in [0.717, 1.165) is 18.9 Å². The topological polar surface area (TPSA) is 40.6 Å². The Balaban J connectivity index is 3.24. The minimum Gasteiger partial charge on any atom is -0.360 e. The van der Waals surface area contributed by atoms with Crippen LogP contribution in [0.4, 0.5) is 0 Å². The zero-order valence-corrected chi connectivity index (χ0v) is 11.6. The summed E-state index contributed by atoms with van der Waals surface area (Å²) in [5.74, 6) is 0.432. The van der Waals surface area contributed by atoms with Crippen LogP contribution in [0.15, 0.2) is 11.4 Å². The molecular formula is C13H22N2O2. The Hall–Kier alpha value is -1.32. The first-order valence-corrected chi connectivity index (χ1v) is 5.84. The largest absolute Gasteiger partial charge is 0.360 e. The molecule has 4 nitrogen and oxygen atoms in total. The molecule has 0 aliphatic carbocycles. The summed E-state index contributed by atoms with van der Waals surface area (Å²) in [6.07, 6.45) is 0. The molecule has 1 fully saturated rings. The smallest absolute Gasteiger partial charge is 0.167 e. The monoisotopic (exact) mass is 238 g/mol. The fourth-order valence-corrected chi connectivity index (χ4v) is 2.72. The minimum absolute atomic E-state index is 0.158. The van der Waals surface area contributed by atoms with Crippen LogP contribution in [0.5, 0.6) is 0 Å². The third kappa shape index (κ3) is 2.87. The normalized spacial score (nSPS) is 19.3. The molecule has 96 valence electrons. The summed E-state index contributed by atoms with van der Waals surface area (Å²) in [5.41, 5.74) is 0.469. The van der Waals surface area contributed by atoms with Crippen molar-refractivity contribution in [3.63, 3.8) is 0 Å². The van der Waals surface area contributed by atoms with E-state index in [1.54, 1.807) is 0 Å². The van der Waals surface area contributed by atoms with Crippen LogP contribution in [0.25, 0.3) is 0 Å². The van der Waals surface area contributed by atoms with E-state index in [4.69, 9.17) is 0 Å². The average Bonchev–Trinajstić information content (AvgIpc) is 2.07. The van der Waals surface area contributed by atoms with E-state index in [2.05, 4.69) is 13.8 Å². The molecule has 1 aliphatic heterocycles. The van der Waals surface area contributed by atoms with Gasteiger partial charge in [-0.1, -0.05) is 13.8 Å². The molecule has 0 bridgehead atoms. The lowest BCUT2D eigenvalue weighted by Crippen LogP contribution is -2.50. The third-order valence-electron chi connectivity index (χ3n) is 2.98. The van der Waals surface area contributed by atoms with Crippen molar-refractivity contribution in [1.82, 2.24) is 9.80 Å². The van der Waals surface area contributed by atoms with Crippen molar-refractivity contribution in [1.29, 1.82) is 0 Å². The molecule has 0 atom stereocenters. The fraction of sp³-hybridized carbons (Fsp3) is 0.692. The number of rotatable bonds is 2. The molecule has 0 spiro atoms. The number of carbonyl (C=O) groups excluding carboxylic acids is 2. The summed E-state index contributed by atoms with van der Waals surface area (Å²) in [7, 11) is 3.86. The van der Waals surface area contributed by atoms with E-state index in [0.29, 0.717) is 5.57 Å². The number of carbonyl (C=O) groups is 2. The Kier molecular flexibility index (Phi) is 3.65. The lowest BCUT2D eigenvalue weighted by atomic mass is 9.89. The van der Waals surface area contributed by atoms with E-state index in [1.807, 2.05) is 23.9 Å². The minimum atomic E-state index is -0.161. The Morgan fingerprint density at radius 3 is 1.65 bits per heavy atom. The highest BCUT2D eigenvalue weighted by molar-refractivity contribution is 6.18. The lowest BCUT2D eigenvalue weighted by molar-refractivity contribution is -0.119. The molecule has 1 rings (SSSR count). The summed E-state index contributed by atoms with van der Waals surface area (Å²) in [4.78, 5) is 27.2. The van der Waals surface area contributed by atoms with Gasteiger partial charge in [0.2, 0.25) is 0 Å². The first kappa shape index (κ1) is 13.7. The van der Waals surface area contributed by atoms with Crippen LogP contribution in [0.1, 0.15) is 27.7 Å². The Labute approximate surface area is 103 Å². The predicted molar refractivity (Wildman–Crippen MR) is 67.4 cm³/mol. The van der Waals surface area contributed by atoms with Crippen LogP contribution in [-0.2, 0) is 9.59 Å². The molecule has 1 aliphatic rings. The lowest BCUT2D eigenvalue weighted by Gasteiger charge is -2.45. The third-order valence-corrected chi connectivity index (χ3v) is 2.98. The molecule has 0 aromatic heterocycles. The van der Waals surface area contributed by atoms with Gasteiger partial charge in [-0.2, -0.15) is 0 Å². The van der Waals surface area contributed by atoms with E-state index in [-0.39, 0.29) is 17.0 Å². The maximum atomic E-state index is 11.6. The molecule has 0 amide bonds. The van der Waals surface area contributed by atoms with Gasteiger partial charge in [0.05, 0.1) is 0 Å². The second-order valence-corrected chi connectivity index (χ2v) is 5.69. The summed E-state index contributed by atoms with van der Waals surface area (Å²) in [6, 6.07) is 0. The van der Waals surface area contributed by atoms with Gasteiger partial charge in [0, 0.05) is 27.2 Å². The van der Waals surface area contributed by atoms with Crippen molar-refractivity contribution in [3.05, 3.63) is 11.4 Å². The van der Waals surface area contributed by atoms with Crippen LogP contribution in [0.3, 0.4) is 0 Å². The molecule has 0 saturated carbocycles. The van der Waals surface area contributed by atoms with Gasteiger partial charge in [-0.3, -0.25) is 9.59 Å². The summed E-state index contributed by atoms with van der Waals surface area (Å²) >= 11 is 0. The Morgan fingerprint density at radius 1 is 1.00 bits per heavy atom. The van der Waals surface area contributed by atoms with Gasteiger partial charge in [-0.15, -0.1) is 0 Å². The average molecular weight is 238 g/mol. The Bertz CT molecular complexity index is 351. The maximum Gasteiger partial charge on any atom is 0.167 e. The molecule has 0 N–H and O–H groups in total. The molecule has 17 heavy (non-hydrogen) atoms. The standard InChI is InChI=1S/C13H22N2O2/c1-9(16)11(10(2)17)12-14(5)7-13(3,4)8-15(12)6/h7-8H2,1-6H3. The molecule has 0 unspecified atom stereocenters. The van der Waals surface area contributed by atoms with Crippen molar-refractivity contribution < 1.29 is 9.59 Å². The summed E-state index contributed by atoms with van der Waals surface area (Å²) in [6.45, 7) is 8.94. The second-order valence-electron chi connectivity index (χ2n) is 5.69. The molecule has 1 heterocycles. The van der Waals surface area contributed by atoms with Crippen molar-refractivity contribution >= 4 is 11.6 Å². The van der Waals surface area contributed by atoms with Crippen molar-refractivity contribution in [2.45, 2.75) is 27.7 Å². The Morgan fingerprint density at radius 2 is 1.35 bits per heavy atom. The van der Waals surface area contributed by atoms with Gasteiger partial charge in [0.15, 0.2) is 11.6 Å². The van der Waals surface area contributed by atoms with Gasteiger partial charge in [0.1, 0.15) is 11.4 Å². The van der Waals surface area contributed by atoms with E-state index >= 15 is 0 Å². The quantitative estimate of drug-likeness (QED) is 0.413. The second kappa shape index (κ2) is 4.51. The highest BCUT2D eigenvalue weighted by atomic mass is 16.1. The maximum absolute atomic E-state index is 11.6. The number of allylic oxidation sites excluding steroid dienone is 1. The zero-order valence-electron chi connectivity index (χ0n) is 11.6. The summed E-state index contributed by atoms with van der Waals surface area (Å²) in [5, 5.41) is 0. The van der Waals surface area contributed by atoms with Gasteiger partial charge in [-0.25, -0.2) is 0 Å². The van der Waals surface area contributed by atoms with Gasteiger partial charge >= 0.3 is 0 Å². The number of nitrogens with zero attached hydrogens (tertiary/aromatic N) is 2. The molecular weight excluding hydrogens is 216 g/mol. The van der Waals surface area contributed by atoms with E-state index in [1.165, 1.54) is 13.8 Å². The molecule has 1 saturated heterocycles. The van der Waals surface area contributed by atoms with Crippen LogP contribution in [-0.4, -0.2) is 48.6 Å². The highest BCUT2D eigenvalue weighted by Crippen LogP contribution is 2.29. The van der Waals surface area contributed by atoms with Crippen molar-refractivity contribution in [2.75, 3.05) is 27.2 Å². The number of hydrogen-bond donors (Lipinski definition) is 0. The van der Waals surface area contributed by atoms with Gasteiger partial charge < -0.3 is 9.80 Å². The van der Waals surface area contributed by atoms with Crippen LogP contribution < -0.4 is 0 Å². The SMILES string of the molecule is CC(=O)C(C(C)=O)=C1N(C)CC(C)(C)CN1C. The first-order chi connectivity index (χ1) is 7.65. The molecule has 4 heteroatoms. The number of Topliss-reactive ketones (excluding diaryl/α,β-unsaturated/α-hetero) is 2. The number of hydrogen-bond acceptors (Lipinski definition) is 4. The summed E-state index contributed by atoms with van der Waals surface area (Å²) < 4.78 is 0. The molecule has 0 radical (unpaired) electrons. The van der Waals surface area contributed by atoms with Crippen molar-refractivity contribution in [2.24, 2.45) is 5.41 Å². The van der Waals surface area contributed by atoms with E-state index < -0.39 is 0 Å². The van der Waals surface area contributed by atoms with Crippen LogP contribution in [0.2, 0.25) is 0 Å². The molecule has 0 aromatic rings. The van der Waals surface area contributed by atoms with Gasteiger partial charge in [-0.05, 0) is 19.3 Å². The zero-order chi connectivity index (χ0) is 13.4. The van der Waals surface area contributed by atoms with E-state index in [9.17, 15) is 9.59 Å². The predicted octanol–water partition coefficient (Wildman–Crippen LogP) is 1.28. The molecule has 0 aromatic carbocycles. The fourth-order valence-electron chi connectivity index (χ4n) is 2.72. The van der Waals surface area contributed by atoms with Crippen molar-refractivity contribution in [3.8, 4) is 0 Å². The van der Waals surface area contributed by atoms with Crippen LogP contribution >= 0.6 is 0 Å². The first-order valence-electron chi connectivity index (χ1n) is 5.84. The highest BCUT2D eigenvalue weighted by Gasteiger charge is 2.33. The van der Waals surface area contributed by atoms with Crippen LogP contribution in [0, 0.1) is 5.41 Å². The van der Waals surface area contributed by atoms with Gasteiger partial charge in [0.25, 0.3) is 0 Å².